The first-order valence-corrected chi connectivity index (χ1v) is 8.83. The molecule has 1 N–H and O–H groups in total. The zero-order valence-electron chi connectivity index (χ0n) is 14.9. The summed E-state index contributed by atoms with van der Waals surface area (Å²) in [7, 11) is 0. The van der Waals surface area contributed by atoms with Crippen LogP contribution in [0.4, 0.5) is 18.9 Å². The van der Waals surface area contributed by atoms with Crippen molar-refractivity contribution >= 4 is 34.2 Å². The van der Waals surface area contributed by atoms with E-state index in [4.69, 9.17) is 16.0 Å². The van der Waals surface area contributed by atoms with E-state index < -0.39 is 17.6 Å². The van der Waals surface area contributed by atoms with E-state index in [-0.39, 0.29) is 17.1 Å². The van der Waals surface area contributed by atoms with Crippen molar-refractivity contribution in [2.75, 3.05) is 5.32 Å². The Labute approximate surface area is 167 Å². The molecule has 29 heavy (non-hydrogen) atoms. The summed E-state index contributed by atoms with van der Waals surface area (Å²) in [6, 6.07) is 10.2. The number of halogens is 4. The molecule has 0 radical (unpaired) electrons. The summed E-state index contributed by atoms with van der Waals surface area (Å²) >= 11 is 6.08. The number of nitrogens with one attached hydrogen (secondary N) is 1. The van der Waals surface area contributed by atoms with E-state index in [1.54, 1.807) is 31.2 Å². The number of aryl methyl sites for hydroxylation is 1. The summed E-state index contributed by atoms with van der Waals surface area (Å²) in [5.41, 5.74) is -0.370. The number of hydrogen-bond acceptors (Lipinski definition) is 3. The van der Waals surface area contributed by atoms with E-state index in [1.165, 1.54) is 29.2 Å². The molecule has 9 heteroatoms. The quantitative estimate of drug-likeness (QED) is 0.453. The van der Waals surface area contributed by atoms with Crippen LogP contribution in [0, 0.1) is 6.92 Å². The number of benzene rings is 2. The van der Waals surface area contributed by atoms with E-state index in [0.29, 0.717) is 21.6 Å². The lowest BCUT2D eigenvalue weighted by Crippen LogP contribution is -2.17. The summed E-state index contributed by atoms with van der Waals surface area (Å²) in [4.78, 5) is 12.7. The van der Waals surface area contributed by atoms with Crippen LogP contribution < -0.4 is 5.32 Å². The van der Waals surface area contributed by atoms with Gasteiger partial charge in [-0.2, -0.15) is 18.3 Å². The summed E-state index contributed by atoms with van der Waals surface area (Å²) in [6.07, 6.45) is -1.70. The smallest absolute Gasteiger partial charge is 0.418 e. The highest BCUT2D eigenvalue weighted by Crippen LogP contribution is 2.37. The fourth-order valence-electron chi connectivity index (χ4n) is 3.04. The molecular weight excluding hydrogens is 407 g/mol. The van der Waals surface area contributed by atoms with Crippen molar-refractivity contribution in [1.29, 1.82) is 0 Å². The number of fused-ring (bicyclic) bond motifs is 1. The molecule has 148 valence electrons. The molecule has 0 atom stereocenters. The molecule has 2 heterocycles. The zero-order valence-corrected chi connectivity index (χ0v) is 15.7. The Morgan fingerprint density at radius 1 is 1.21 bits per heavy atom. The molecule has 0 saturated heterocycles. The first-order chi connectivity index (χ1) is 13.8. The third-order valence-corrected chi connectivity index (χ3v) is 4.75. The first kappa shape index (κ1) is 19.1. The van der Waals surface area contributed by atoms with E-state index in [2.05, 4.69) is 10.4 Å². The van der Waals surface area contributed by atoms with Gasteiger partial charge in [0.15, 0.2) is 11.3 Å². The topological polar surface area (TPSA) is 60.1 Å². The summed E-state index contributed by atoms with van der Waals surface area (Å²) in [5, 5.41) is 7.16. The number of carbonyl (C=O) groups is 1. The Balaban J connectivity index is 1.73. The number of para-hydroxylation sites is 1. The van der Waals surface area contributed by atoms with Crippen molar-refractivity contribution in [3.63, 3.8) is 0 Å². The molecule has 0 aliphatic carbocycles. The molecule has 1 amide bonds. The second-order valence-corrected chi connectivity index (χ2v) is 6.71. The number of nitrogens with zero attached hydrogens (tertiary/aromatic N) is 2. The molecule has 0 spiro atoms. The van der Waals surface area contributed by atoms with Crippen LogP contribution in [0.5, 0.6) is 0 Å². The van der Waals surface area contributed by atoms with Gasteiger partial charge < -0.3 is 9.73 Å². The Morgan fingerprint density at radius 2 is 2.00 bits per heavy atom. The van der Waals surface area contributed by atoms with Gasteiger partial charge in [-0.15, -0.1) is 0 Å². The number of furan rings is 1. The van der Waals surface area contributed by atoms with Gasteiger partial charge in [0.2, 0.25) is 0 Å². The zero-order chi connectivity index (χ0) is 20.8. The molecule has 0 bridgehead atoms. The summed E-state index contributed by atoms with van der Waals surface area (Å²) in [5.74, 6) is -0.899. The van der Waals surface area contributed by atoms with Gasteiger partial charge in [-0.3, -0.25) is 4.79 Å². The van der Waals surface area contributed by atoms with Crippen LogP contribution in [-0.2, 0) is 6.18 Å². The van der Waals surface area contributed by atoms with Gasteiger partial charge >= 0.3 is 6.18 Å². The third kappa shape index (κ3) is 3.47. The number of hydrogen-bond donors (Lipinski definition) is 1. The van der Waals surface area contributed by atoms with Crippen molar-refractivity contribution in [2.45, 2.75) is 13.1 Å². The number of aromatic nitrogens is 2. The summed E-state index contributed by atoms with van der Waals surface area (Å²) in [6.45, 7) is 1.64. The minimum Gasteiger partial charge on any atom is -0.449 e. The minimum absolute atomic E-state index is 0.0997. The molecule has 2 aromatic heterocycles. The van der Waals surface area contributed by atoms with Crippen molar-refractivity contribution < 1.29 is 22.4 Å². The number of anilines is 1. The minimum atomic E-state index is -4.68. The van der Waals surface area contributed by atoms with Gasteiger partial charge in [0.05, 0.1) is 22.0 Å². The van der Waals surface area contributed by atoms with Crippen LogP contribution in [-0.4, -0.2) is 15.7 Å². The number of rotatable bonds is 3. The number of carbonyl (C=O) groups excluding carboxylic acids is 1. The van der Waals surface area contributed by atoms with Crippen LogP contribution in [0.2, 0.25) is 5.02 Å². The average Bonchev–Trinajstić information content (AvgIpc) is 3.31. The monoisotopic (exact) mass is 419 g/mol. The predicted octanol–water partition coefficient (Wildman–Crippen LogP) is 5.85. The van der Waals surface area contributed by atoms with Crippen LogP contribution in [0.25, 0.3) is 16.7 Å². The van der Waals surface area contributed by atoms with Crippen molar-refractivity contribution in [2.24, 2.45) is 0 Å². The fourth-order valence-corrected chi connectivity index (χ4v) is 3.26. The fraction of sp³-hybridized carbons (Fsp3) is 0.100. The molecule has 0 fully saturated rings. The van der Waals surface area contributed by atoms with Gasteiger partial charge in [0.25, 0.3) is 5.91 Å². The molecule has 0 saturated carbocycles. The molecule has 0 aliphatic heterocycles. The van der Waals surface area contributed by atoms with Gasteiger partial charge in [-0.25, -0.2) is 4.68 Å². The molecular formula is C20H13ClF3N3O2. The molecule has 4 aromatic rings. The van der Waals surface area contributed by atoms with Gasteiger partial charge in [-0.05, 0) is 37.3 Å². The Morgan fingerprint density at radius 3 is 2.66 bits per heavy atom. The van der Waals surface area contributed by atoms with E-state index in [9.17, 15) is 18.0 Å². The van der Waals surface area contributed by atoms with Crippen LogP contribution in [0.1, 0.15) is 21.7 Å². The van der Waals surface area contributed by atoms with Gasteiger partial charge in [0.1, 0.15) is 0 Å². The first-order valence-electron chi connectivity index (χ1n) is 8.46. The van der Waals surface area contributed by atoms with Gasteiger partial charge in [-0.1, -0.05) is 23.7 Å². The van der Waals surface area contributed by atoms with E-state index in [1.807, 2.05) is 0 Å². The highest BCUT2D eigenvalue weighted by atomic mass is 35.5. The van der Waals surface area contributed by atoms with Crippen LogP contribution >= 0.6 is 11.6 Å². The maximum absolute atomic E-state index is 13.6. The lowest BCUT2D eigenvalue weighted by Gasteiger charge is -2.15. The van der Waals surface area contributed by atoms with Gasteiger partial charge in [0, 0.05) is 23.3 Å². The van der Waals surface area contributed by atoms with Crippen molar-refractivity contribution in [1.82, 2.24) is 9.78 Å². The third-order valence-electron chi connectivity index (χ3n) is 4.45. The van der Waals surface area contributed by atoms with Crippen molar-refractivity contribution in [3.05, 3.63) is 76.8 Å². The molecule has 4 rings (SSSR count). The highest BCUT2D eigenvalue weighted by Gasteiger charge is 2.35. The van der Waals surface area contributed by atoms with Crippen LogP contribution in [0.3, 0.4) is 0 Å². The van der Waals surface area contributed by atoms with E-state index in [0.717, 1.165) is 6.07 Å². The predicted molar refractivity (Wildman–Crippen MR) is 102 cm³/mol. The molecule has 2 aromatic carbocycles. The normalized spacial score (nSPS) is 11.8. The largest absolute Gasteiger partial charge is 0.449 e. The Bertz CT molecular complexity index is 1210. The van der Waals surface area contributed by atoms with Crippen molar-refractivity contribution in [3.8, 4) is 5.69 Å². The number of alkyl halides is 3. The highest BCUT2D eigenvalue weighted by molar-refractivity contribution is 6.35. The second kappa shape index (κ2) is 6.97. The molecule has 0 unspecified atom stereocenters. The second-order valence-electron chi connectivity index (χ2n) is 6.31. The standard InChI is InChI=1S/C20H13ClF3N3O2/c1-11-13-4-2-5-15(21)18(13)29-17(11)19(28)26-16-7-6-12(27-9-3-8-25-27)10-14(16)20(22,23)24/h2-10H,1H3,(H,26,28). The average molecular weight is 420 g/mol. The summed E-state index contributed by atoms with van der Waals surface area (Å²) < 4.78 is 47.6. The molecule has 5 nitrogen and oxygen atoms in total. The lowest BCUT2D eigenvalue weighted by molar-refractivity contribution is -0.136. The number of amides is 1. The maximum atomic E-state index is 13.6. The SMILES string of the molecule is Cc1c(C(=O)Nc2ccc(-n3cccn3)cc2C(F)(F)F)oc2c(Cl)cccc12. The lowest BCUT2D eigenvalue weighted by atomic mass is 10.1. The van der Waals surface area contributed by atoms with Crippen LogP contribution in [0.15, 0.2) is 59.3 Å². The Hall–Kier alpha value is -3.26. The Kier molecular flexibility index (Phi) is 4.58. The van der Waals surface area contributed by atoms with E-state index >= 15 is 0 Å². The maximum Gasteiger partial charge on any atom is 0.418 e. The molecule has 0 aliphatic rings.